The van der Waals surface area contributed by atoms with Crippen LogP contribution < -0.4 is 4.74 Å². The summed E-state index contributed by atoms with van der Waals surface area (Å²) >= 11 is 0. The Morgan fingerprint density at radius 2 is 2.19 bits per heavy atom. The van der Waals surface area contributed by atoms with Crippen molar-refractivity contribution < 1.29 is 9.47 Å². The van der Waals surface area contributed by atoms with Crippen LogP contribution in [-0.4, -0.2) is 24.8 Å². The lowest BCUT2D eigenvalue weighted by Crippen LogP contribution is -2.17. The summed E-state index contributed by atoms with van der Waals surface area (Å²) < 4.78 is 10.9. The predicted molar refractivity (Wildman–Crippen MR) is 62.6 cm³/mol. The van der Waals surface area contributed by atoms with E-state index in [1.54, 1.807) is 0 Å². The van der Waals surface area contributed by atoms with Gasteiger partial charge >= 0.3 is 0 Å². The van der Waals surface area contributed by atoms with Gasteiger partial charge in [0.2, 0.25) is 5.88 Å². The van der Waals surface area contributed by atoms with E-state index >= 15 is 0 Å². The van der Waals surface area contributed by atoms with Gasteiger partial charge in [0.15, 0.2) is 0 Å². The second-order valence-corrected chi connectivity index (χ2v) is 4.37. The third kappa shape index (κ3) is 3.49. The molecule has 88 valence electrons. The van der Waals surface area contributed by atoms with Crippen LogP contribution in [0, 0.1) is 12.8 Å². The molecular formula is C13H19NO2. The van der Waals surface area contributed by atoms with Crippen LogP contribution in [0.5, 0.6) is 5.88 Å². The maximum Gasteiger partial charge on any atom is 0.213 e. The standard InChI is InChI=1S/C13H19NO2/c1-11-2-3-13(14-10-11)16-9-6-12-4-7-15-8-5-12/h2-3,10,12H,4-9H2,1H3. The average Bonchev–Trinajstić information content (AvgIpc) is 2.33. The predicted octanol–water partition coefficient (Wildman–Crippen LogP) is 2.59. The largest absolute Gasteiger partial charge is 0.478 e. The van der Waals surface area contributed by atoms with Gasteiger partial charge in [-0.1, -0.05) is 6.07 Å². The van der Waals surface area contributed by atoms with Crippen LogP contribution in [-0.2, 0) is 4.74 Å². The first-order valence-corrected chi connectivity index (χ1v) is 5.98. The summed E-state index contributed by atoms with van der Waals surface area (Å²) in [5.74, 6) is 1.50. The molecule has 1 aromatic heterocycles. The first-order valence-electron chi connectivity index (χ1n) is 5.98. The molecule has 1 aliphatic heterocycles. The summed E-state index contributed by atoms with van der Waals surface area (Å²) in [6.07, 6.45) is 5.29. The lowest BCUT2D eigenvalue weighted by molar-refractivity contribution is 0.0591. The highest BCUT2D eigenvalue weighted by Gasteiger charge is 2.13. The Morgan fingerprint density at radius 1 is 1.38 bits per heavy atom. The Morgan fingerprint density at radius 3 is 2.88 bits per heavy atom. The van der Waals surface area contributed by atoms with Gasteiger partial charge in [0.05, 0.1) is 6.61 Å². The molecule has 0 radical (unpaired) electrons. The fourth-order valence-electron chi connectivity index (χ4n) is 1.90. The number of pyridine rings is 1. The van der Waals surface area contributed by atoms with E-state index in [-0.39, 0.29) is 0 Å². The second-order valence-electron chi connectivity index (χ2n) is 4.37. The molecule has 0 bridgehead atoms. The van der Waals surface area contributed by atoms with Crippen LogP contribution >= 0.6 is 0 Å². The van der Waals surface area contributed by atoms with E-state index < -0.39 is 0 Å². The van der Waals surface area contributed by atoms with Crippen molar-refractivity contribution in [1.29, 1.82) is 0 Å². The Labute approximate surface area is 96.8 Å². The summed E-state index contributed by atoms with van der Waals surface area (Å²) in [6, 6.07) is 3.95. The fourth-order valence-corrected chi connectivity index (χ4v) is 1.90. The van der Waals surface area contributed by atoms with Gasteiger partial charge < -0.3 is 9.47 Å². The molecule has 0 atom stereocenters. The summed E-state index contributed by atoms with van der Waals surface area (Å²) in [5.41, 5.74) is 1.16. The van der Waals surface area contributed by atoms with Gasteiger partial charge in [-0.2, -0.15) is 0 Å². The zero-order valence-electron chi connectivity index (χ0n) is 9.82. The Hall–Kier alpha value is -1.09. The molecule has 0 N–H and O–H groups in total. The lowest BCUT2D eigenvalue weighted by Gasteiger charge is -2.21. The molecule has 16 heavy (non-hydrogen) atoms. The minimum atomic E-state index is 0.734. The molecule has 2 heterocycles. The number of nitrogens with zero attached hydrogens (tertiary/aromatic N) is 1. The van der Waals surface area contributed by atoms with Crippen molar-refractivity contribution in [1.82, 2.24) is 4.98 Å². The van der Waals surface area contributed by atoms with Crippen molar-refractivity contribution in [3.63, 3.8) is 0 Å². The number of hydrogen-bond donors (Lipinski definition) is 0. The van der Waals surface area contributed by atoms with Crippen molar-refractivity contribution in [2.45, 2.75) is 26.2 Å². The summed E-state index contributed by atoms with van der Waals surface area (Å²) in [6.45, 7) is 4.61. The van der Waals surface area contributed by atoms with Crippen LogP contribution in [0.4, 0.5) is 0 Å². The minimum absolute atomic E-state index is 0.734. The molecule has 0 amide bonds. The molecule has 0 aliphatic carbocycles. The van der Waals surface area contributed by atoms with Gasteiger partial charge in [-0.15, -0.1) is 0 Å². The third-order valence-corrected chi connectivity index (χ3v) is 3.00. The smallest absolute Gasteiger partial charge is 0.213 e. The molecule has 1 aliphatic rings. The summed E-state index contributed by atoms with van der Waals surface area (Å²) in [7, 11) is 0. The molecule has 0 spiro atoms. The first-order chi connectivity index (χ1) is 7.84. The van der Waals surface area contributed by atoms with Gasteiger partial charge in [-0.25, -0.2) is 4.98 Å². The summed E-state index contributed by atoms with van der Waals surface area (Å²) in [5, 5.41) is 0. The topological polar surface area (TPSA) is 31.4 Å². The van der Waals surface area contributed by atoms with Crippen LogP contribution in [0.1, 0.15) is 24.8 Å². The molecule has 0 unspecified atom stereocenters. The maximum atomic E-state index is 5.61. The monoisotopic (exact) mass is 221 g/mol. The fraction of sp³-hybridized carbons (Fsp3) is 0.615. The highest BCUT2D eigenvalue weighted by Crippen LogP contribution is 2.18. The zero-order chi connectivity index (χ0) is 11.2. The van der Waals surface area contributed by atoms with Gasteiger partial charge in [0, 0.05) is 25.5 Å². The van der Waals surface area contributed by atoms with E-state index in [0.29, 0.717) is 0 Å². The van der Waals surface area contributed by atoms with E-state index in [0.717, 1.165) is 43.6 Å². The highest BCUT2D eigenvalue weighted by atomic mass is 16.5. The molecule has 0 aromatic carbocycles. The second kappa shape index (κ2) is 5.85. The third-order valence-electron chi connectivity index (χ3n) is 3.00. The van der Waals surface area contributed by atoms with Crippen molar-refractivity contribution in [3.05, 3.63) is 23.9 Å². The van der Waals surface area contributed by atoms with Crippen LogP contribution in [0.3, 0.4) is 0 Å². The molecule has 2 rings (SSSR count). The van der Waals surface area contributed by atoms with E-state index in [4.69, 9.17) is 9.47 Å². The van der Waals surface area contributed by atoms with E-state index in [2.05, 4.69) is 4.98 Å². The molecule has 3 nitrogen and oxygen atoms in total. The molecule has 1 fully saturated rings. The average molecular weight is 221 g/mol. The number of aromatic nitrogens is 1. The number of ether oxygens (including phenoxy) is 2. The molecule has 3 heteroatoms. The Balaban J connectivity index is 1.69. The SMILES string of the molecule is Cc1ccc(OCCC2CCOCC2)nc1. The van der Waals surface area contributed by atoms with Crippen molar-refractivity contribution in [2.24, 2.45) is 5.92 Å². The quantitative estimate of drug-likeness (QED) is 0.783. The number of hydrogen-bond acceptors (Lipinski definition) is 3. The van der Waals surface area contributed by atoms with Crippen molar-refractivity contribution >= 4 is 0 Å². The van der Waals surface area contributed by atoms with Crippen LogP contribution in [0.25, 0.3) is 0 Å². The number of rotatable bonds is 4. The summed E-state index contributed by atoms with van der Waals surface area (Å²) in [4.78, 5) is 4.21. The normalized spacial score (nSPS) is 17.3. The van der Waals surface area contributed by atoms with Crippen molar-refractivity contribution in [3.8, 4) is 5.88 Å². The first kappa shape index (κ1) is 11.4. The molecule has 0 saturated carbocycles. The van der Waals surface area contributed by atoms with Gasteiger partial charge in [-0.3, -0.25) is 0 Å². The van der Waals surface area contributed by atoms with E-state index in [1.807, 2.05) is 25.3 Å². The van der Waals surface area contributed by atoms with Crippen molar-refractivity contribution in [2.75, 3.05) is 19.8 Å². The molecule has 1 aromatic rings. The highest BCUT2D eigenvalue weighted by molar-refractivity contribution is 5.16. The Kier molecular flexibility index (Phi) is 4.17. The van der Waals surface area contributed by atoms with Gasteiger partial charge in [-0.05, 0) is 37.7 Å². The van der Waals surface area contributed by atoms with Crippen LogP contribution in [0.15, 0.2) is 18.3 Å². The van der Waals surface area contributed by atoms with Gasteiger partial charge in [0.25, 0.3) is 0 Å². The minimum Gasteiger partial charge on any atom is -0.478 e. The van der Waals surface area contributed by atoms with Gasteiger partial charge in [0.1, 0.15) is 0 Å². The zero-order valence-corrected chi connectivity index (χ0v) is 9.82. The molecule has 1 saturated heterocycles. The lowest BCUT2D eigenvalue weighted by atomic mass is 9.97. The van der Waals surface area contributed by atoms with E-state index in [1.165, 1.54) is 12.8 Å². The van der Waals surface area contributed by atoms with E-state index in [9.17, 15) is 0 Å². The van der Waals surface area contributed by atoms with Crippen LogP contribution in [0.2, 0.25) is 0 Å². The Bertz CT molecular complexity index is 304. The molecular weight excluding hydrogens is 202 g/mol. The maximum absolute atomic E-state index is 5.61. The number of aryl methyl sites for hydroxylation is 1.